The standard InChI is InChI=1S/C16H20N2O2/c17-11-15(13-6-2-1-3-7-13)18-16(20)10-12-5-4-8-14(19)9-12/h4-5,8-9,13,15,19H,1-3,6-7,10H2,(H,18,20). The molecule has 4 heteroatoms. The normalized spacial score (nSPS) is 17.1. The quantitative estimate of drug-likeness (QED) is 0.884. The summed E-state index contributed by atoms with van der Waals surface area (Å²) in [4.78, 5) is 12.0. The molecule has 1 aliphatic carbocycles. The first kappa shape index (κ1) is 14.4. The van der Waals surface area contributed by atoms with Crippen molar-refractivity contribution in [1.29, 1.82) is 5.26 Å². The Morgan fingerprint density at radius 1 is 1.40 bits per heavy atom. The monoisotopic (exact) mass is 272 g/mol. The molecule has 1 aromatic carbocycles. The molecule has 0 aromatic heterocycles. The van der Waals surface area contributed by atoms with E-state index in [1.807, 2.05) is 0 Å². The number of carbonyl (C=O) groups excluding carboxylic acids is 1. The van der Waals surface area contributed by atoms with Crippen LogP contribution in [0.2, 0.25) is 0 Å². The van der Waals surface area contributed by atoms with Gasteiger partial charge in [-0.1, -0.05) is 31.4 Å². The molecule has 1 fully saturated rings. The number of hydrogen-bond acceptors (Lipinski definition) is 3. The highest BCUT2D eigenvalue weighted by Crippen LogP contribution is 2.26. The van der Waals surface area contributed by atoms with Crippen molar-refractivity contribution in [2.75, 3.05) is 0 Å². The van der Waals surface area contributed by atoms with Crippen LogP contribution in [0.5, 0.6) is 5.75 Å². The molecule has 1 unspecified atom stereocenters. The summed E-state index contributed by atoms with van der Waals surface area (Å²) in [5.74, 6) is 0.272. The number of nitrogens with one attached hydrogen (secondary N) is 1. The van der Waals surface area contributed by atoms with Crippen molar-refractivity contribution in [1.82, 2.24) is 5.32 Å². The predicted octanol–water partition coefficient (Wildman–Crippen LogP) is 2.52. The molecule has 1 saturated carbocycles. The Labute approximate surface area is 119 Å². The third-order valence-corrected chi connectivity index (χ3v) is 3.85. The second-order valence-corrected chi connectivity index (χ2v) is 5.42. The number of nitriles is 1. The van der Waals surface area contributed by atoms with E-state index < -0.39 is 0 Å². The van der Waals surface area contributed by atoms with Crippen LogP contribution in [-0.4, -0.2) is 17.1 Å². The van der Waals surface area contributed by atoms with Crippen molar-refractivity contribution in [2.24, 2.45) is 5.92 Å². The molecular weight excluding hydrogens is 252 g/mol. The molecule has 0 radical (unpaired) electrons. The van der Waals surface area contributed by atoms with Crippen molar-refractivity contribution < 1.29 is 9.90 Å². The van der Waals surface area contributed by atoms with Crippen LogP contribution in [0.25, 0.3) is 0 Å². The van der Waals surface area contributed by atoms with Crippen molar-refractivity contribution in [3.63, 3.8) is 0 Å². The van der Waals surface area contributed by atoms with Gasteiger partial charge in [-0.3, -0.25) is 4.79 Å². The summed E-state index contributed by atoms with van der Waals surface area (Å²) in [5, 5.41) is 21.4. The van der Waals surface area contributed by atoms with Gasteiger partial charge in [-0.25, -0.2) is 0 Å². The zero-order valence-electron chi connectivity index (χ0n) is 11.5. The lowest BCUT2D eigenvalue weighted by molar-refractivity contribution is -0.121. The van der Waals surface area contributed by atoms with E-state index in [2.05, 4.69) is 11.4 Å². The zero-order valence-corrected chi connectivity index (χ0v) is 11.5. The third kappa shape index (κ3) is 3.99. The fraction of sp³-hybridized carbons (Fsp3) is 0.500. The number of nitrogens with zero attached hydrogens (tertiary/aromatic N) is 1. The van der Waals surface area contributed by atoms with E-state index in [0.717, 1.165) is 31.2 Å². The Kier molecular flexibility index (Phi) is 5.00. The van der Waals surface area contributed by atoms with E-state index in [4.69, 9.17) is 0 Å². The fourth-order valence-corrected chi connectivity index (χ4v) is 2.80. The van der Waals surface area contributed by atoms with E-state index >= 15 is 0 Å². The molecule has 1 aromatic rings. The van der Waals surface area contributed by atoms with Crippen LogP contribution in [0.3, 0.4) is 0 Å². The SMILES string of the molecule is N#CC(NC(=O)Cc1cccc(O)c1)C1CCCCC1. The molecule has 1 aliphatic rings. The number of phenolic OH excluding ortho intramolecular Hbond substituents is 1. The van der Waals surface area contributed by atoms with Gasteiger partial charge in [0.2, 0.25) is 5.91 Å². The van der Waals surface area contributed by atoms with Gasteiger partial charge in [-0.2, -0.15) is 5.26 Å². The fourth-order valence-electron chi connectivity index (χ4n) is 2.80. The van der Waals surface area contributed by atoms with Gasteiger partial charge in [-0.05, 0) is 36.5 Å². The second kappa shape index (κ2) is 6.95. The molecule has 20 heavy (non-hydrogen) atoms. The van der Waals surface area contributed by atoms with Crippen LogP contribution in [0.4, 0.5) is 0 Å². The van der Waals surface area contributed by atoms with Gasteiger partial charge >= 0.3 is 0 Å². The van der Waals surface area contributed by atoms with Gasteiger partial charge in [0, 0.05) is 0 Å². The first-order valence-corrected chi connectivity index (χ1v) is 7.16. The summed E-state index contributed by atoms with van der Waals surface area (Å²) in [6, 6.07) is 8.47. The molecule has 2 rings (SSSR count). The van der Waals surface area contributed by atoms with Crippen LogP contribution in [-0.2, 0) is 11.2 Å². The van der Waals surface area contributed by atoms with Crippen LogP contribution >= 0.6 is 0 Å². The summed E-state index contributed by atoms with van der Waals surface area (Å²) in [6.45, 7) is 0. The van der Waals surface area contributed by atoms with Gasteiger partial charge in [-0.15, -0.1) is 0 Å². The summed E-state index contributed by atoms with van der Waals surface area (Å²) >= 11 is 0. The zero-order chi connectivity index (χ0) is 14.4. The number of benzene rings is 1. The van der Waals surface area contributed by atoms with E-state index in [1.165, 1.54) is 6.42 Å². The van der Waals surface area contributed by atoms with E-state index in [-0.39, 0.29) is 30.0 Å². The number of phenols is 1. The average Bonchev–Trinajstić information content (AvgIpc) is 2.45. The molecule has 2 N–H and O–H groups in total. The molecular formula is C16H20N2O2. The van der Waals surface area contributed by atoms with Crippen molar-refractivity contribution in [3.8, 4) is 11.8 Å². The lowest BCUT2D eigenvalue weighted by Crippen LogP contribution is -2.40. The van der Waals surface area contributed by atoms with Crippen LogP contribution in [0, 0.1) is 17.2 Å². The van der Waals surface area contributed by atoms with Gasteiger partial charge in [0.1, 0.15) is 11.8 Å². The number of carbonyl (C=O) groups is 1. The van der Waals surface area contributed by atoms with E-state index in [1.54, 1.807) is 24.3 Å². The Morgan fingerprint density at radius 2 is 2.15 bits per heavy atom. The Bertz CT molecular complexity index is 501. The lowest BCUT2D eigenvalue weighted by Gasteiger charge is -2.26. The van der Waals surface area contributed by atoms with Gasteiger partial charge in [0.25, 0.3) is 0 Å². The number of aromatic hydroxyl groups is 1. The summed E-state index contributed by atoms with van der Waals surface area (Å²) in [5.41, 5.74) is 0.753. The molecule has 106 valence electrons. The first-order chi connectivity index (χ1) is 9.69. The highest BCUT2D eigenvalue weighted by Gasteiger charge is 2.24. The number of rotatable bonds is 4. The minimum absolute atomic E-state index is 0.152. The third-order valence-electron chi connectivity index (χ3n) is 3.85. The molecule has 0 spiro atoms. The average molecular weight is 272 g/mol. The maximum absolute atomic E-state index is 12.0. The van der Waals surface area contributed by atoms with Crippen molar-refractivity contribution in [2.45, 2.75) is 44.6 Å². The molecule has 0 heterocycles. The lowest BCUT2D eigenvalue weighted by atomic mass is 9.84. The Morgan fingerprint density at radius 3 is 2.80 bits per heavy atom. The van der Waals surface area contributed by atoms with Crippen molar-refractivity contribution >= 4 is 5.91 Å². The van der Waals surface area contributed by atoms with Gasteiger partial charge in [0.15, 0.2) is 0 Å². The maximum Gasteiger partial charge on any atom is 0.225 e. The van der Waals surface area contributed by atoms with E-state index in [9.17, 15) is 15.2 Å². The molecule has 0 saturated heterocycles. The van der Waals surface area contributed by atoms with E-state index in [0.29, 0.717) is 0 Å². The predicted molar refractivity (Wildman–Crippen MR) is 75.9 cm³/mol. The minimum Gasteiger partial charge on any atom is -0.508 e. The Balaban J connectivity index is 1.90. The number of hydrogen-bond donors (Lipinski definition) is 2. The van der Waals surface area contributed by atoms with Crippen LogP contribution in [0.15, 0.2) is 24.3 Å². The first-order valence-electron chi connectivity index (χ1n) is 7.16. The van der Waals surface area contributed by atoms with Gasteiger partial charge < -0.3 is 10.4 Å². The second-order valence-electron chi connectivity index (χ2n) is 5.42. The van der Waals surface area contributed by atoms with Gasteiger partial charge in [0.05, 0.1) is 12.5 Å². The summed E-state index contributed by atoms with van der Waals surface area (Å²) in [6.07, 6.45) is 5.75. The molecule has 0 aliphatic heterocycles. The molecule has 4 nitrogen and oxygen atoms in total. The minimum atomic E-state index is -0.389. The molecule has 0 bridgehead atoms. The summed E-state index contributed by atoms with van der Waals surface area (Å²) < 4.78 is 0. The Hall–Kier alpha value is -2.02. The topological polar surface area (TPSA) is 73.1 Å². The smallest absolute Gasteiger partial charge is 0.225 e. The maximum atomic E-state index is 12.0. The summed E-state index contributed by atoms with van der Waals surface area (Å²) in [7, 11) is 0. The van der Waals surface area contributed by atoms with Crippen LogP contribution < -0.4 is 5.32 Å². The highest BCUT2D eigenvalue weighted by molar-refractivity contribution is 5.79. The van der Waals surface area contributed by atoms with Crippen molar-refractivity contribution in [3.05, 3.63) is 29.8 Å². The number of amides is 1. The highest BCUT2D eigenvalue weighted by atomic mass is 16.3. The molecule has 1 amide bonds. The largest absolute Gasteiger partial charge is 0.508 e. The molecule has 1 atom stereocenters. The van der Waals surface area contributed by atoms with Crippen LogP contribution in [0.1, 0.15) is 37.7 Å².